The molecule has 0 N–H and O–H groups in total. The number of alkyl halides is 2. The highest BCUT2D eigenvalue weighted by atomic mass is 35.5. The first-order chi connectivity index (χ1) is 21.8. The average molecular weight is 703 g/mol. The van der Waals surface area contributed by atoms with Gasteiger partial charge in [-0.15, -0.1) is 0 Å². The van der Waals surface area contributed by atoms with E-state index in [-0.39, 0.29) is 40.1 Å². The molecule has 1 aromatic heterocycles. The lowest BCUT2D eigenvalue weighted by molar-refractivity contribution is -0.162. The van der Waals surface area contributed by atoms with Crippen LogP contribution in [0.5, 0.6) is 17.2 Å². The standard InChI is InChI=1S/C31H31Cl2F2NO9S/c1-41-25-7-5-19(9-21(25)17-46(2,39)40)10-29(37)43-16-30(38)44-27(12-22-23(32)13-36-14-24(22)33)20-6-8-26(45-31(34)35)28(11-20)42-15-18-3-4-18/h5-9,11,13-14,18,27,31H,3-4,10,12,15-17H2,1-2H3/t27-/m0/s1. The van der Waals surface area contributed by atoms with Gasteiger partial charge in [0.15, 0.2) is 27.9 Å². The number of nitrogens with zero attached hydrogens (tertiary/aromatic N) is 1. The van der Waals surface area contributed by atoms with E-state index < -0.39 is 41.1 Å². The van der Waals surface area contributed by atoms with Gasteiger partial charge in [0.2, 0.25) is 0 Å². The summed E-state index contributed by atoms with van der Waals surface area (Å²) in [4.78, 5) is 29.5. The molecule has 0 aliphatic heterocycles. The molecule has 0 spiro atoms. The third-order valence-corrected chi connectivity index (χ3v) is 8.29. The van der Waals surface area contributed by atoms with Crippen molar-refractivity contribution in [3.8, 4) is 17.2 Å². The van der Waals surface area contributed by atoms with Crippen LogP contribution in [0.4, 0.5) is 8.78 Å². The van der Waals surface area contributed by atoms with Gasteiger partial charge in [0.25, 0.3) is 0 Å². The number of hydrogen-bond acceptors (Lipinski definition) is 10. The van der Waals surface area contributed by atoms with Crippen LogP contribution in [-0.2, 0) is 47.5 Å². The van der Waals surface area contributed by atoms with Gasteiger partial charge in [-0.1, -0.05) is 41.4 Å². The summed E-state index contributed by atoms with van der Waals surface area (Å²) in [5, 5.41) is 0.412. The van der Waals surface area contributed by atoms with Crippen molar-refractivity contribution in [3.63, 3.8) is 0 Å². The van der Waals surface area contributed by atoms with E-state index in [0.717, 1.165) is 19.1 Å². The Balaban J connectivity index is 1.49. The Labute approximate surface area is 274 Å². The first-order valence-electron chi connectivity index (χ1n) is 14.0. The summed E-state index contributed by atoms with van der Waals surface area (Å²) in [7, 11) is -1.98. The van der Waals surface area contributed by atoms with Crippen LogP contribution in [0.2, 0.25) is 10.0 Å². The quantitative estimate of drug-likeness (QED) is 0.166. The summed E-state index contributed by atoms with van der Waals surface area (Å²) in [6.07, 6.45) is 4.38. The summed E-state index contributed by atoms with van der Waals surface area (Å²) in [5.41, 5.74) is 1.58. The van der Waals surface area contributed by atoms with Gasteiger partial charge >= 0.3 is 18.6 Å². The zero-order chi connectivity index (χ0) is 33.4. The lowest BCUT2D eigenvalue weighted by atomic mass is 10.0. The van der Waals surface area contributed by atoms with E-state index in [4.69, 9.17) is 42.1 Å². The van der Waals surface area contributed by atoms with Crippen molar-refractivity contribution in [1.29, 1.82) is 0 Å². The van der Waals surface area contributed by atoms with E-state index in [1.807, 2.05) is 0 Å². The van der Waals surface area contributed by atoms with E-state index in [2.05, 4.69) is 9.72 Å². The Bertz CT molecular complexity index is 1650. The van der Waals surface area contributed by atoms with E-state index in [9.17, 15) is 26.8 Å². The zero-order valence-electron chi connectivity index (χ0n) is 24.8. The van der Waals surface area contributed by atoms with Crippen molar-refractivity contribution in [2.45, 2.75) is 44.2 Å². The van der Waals surface area contributed by atoms with Gasteiger partial charge in [0.05, 0.1) is 35.9 Å². The maximum atomic E-state index is 13.1. The smallest absolute Gasteiger partial charge is 0.387 e. The average Bonchev–Trinajstić information content (AvgIpc) is 3.81. The lowest BCUT2D eigenvalue weighted by Crippen LogP contribution is -2.21. The monoisotopic (exact) mass is 701 g/mol. The molecule has 0 unspecified atom stereocenters. The van der Waals surface area contributed by atoms with E-state index in [0.29, 0.717) is 40.5 Å². The second-order valence-corrected chi connectivity index (χ2v) is 13.6. The van der Waals surface area contributed by atoms with Crippen molar-refractivity contribution in [2.24, 2.45) is 5.92 Å². The molecule has 0 saturated heterocycles. The Morgan fingerprint density at radius 3 is 2.33 bits per heavy atom. The molecule has 1 aliphatic carbocycles. The Hall–Kier alpha value is -3.68. The van der Waals surface area contributed by atoms with Gasteiger partial charge in [0.1, 0.15) is 11.9 Å². The van der Waals surface area contributed by atoms with E-state index in [1.54, 1.807) is 6.07 Å². The number of methoxy groups -OCH3 is 1. The number of carbonyl (C=O) groups excluding carboxylic acids is 2. The van der Waals surface area contributed by atoms with Crippen molar-refractivity contribution < 1.29 is 50.5 Å². The summed E-state index contributed by atoms with van der Waals surface area (Å²) in [5.74, 6) is -1.46. The first kappa shape index (κ1) is 35.2. The summed E-state index contributed by atoms with van der Waals surface area (Å²) >= 11 is 12.6. The van der Waals surface area contributed by atoms with Gasteiger partial charge in [0, 0.05) is 30.6 Å². The molecule has 248 valence electrons. The third kappa shape index (κ3) is 10.7. The molecule has 0 radical (unpaired) electrons. The third-order valence-electron chi connectivity index (χ3n) is 6.80. The maximum Gasteiger partial charge on any atom is 0.387 e. The Kier molecular flexibility index (Phi) is 12.0. The summed E-state index contributed by atoms with van der Waals surface area (Å²) in [6, 6.07) is 8.79. The minimum Gasteiger partial charge on any atom is -0.496 e. The number of esters is 2. The highest BCUT2D eigenvalue weighted by Crippen LogP contribution is 2.38. The first-order valence-corrected chi connectivity index (χ1v) is 16.8. The Morgan fingerprint density at radius 1 is 1.00 bits per heavy atom. The topological polar surface area (TPSA) is 127 Å². The molecule has 10 nitrogen and oxygen atoms in total. The normalized spacial score (nSPS) is 13.6. The van der Waals surface area contributed by atoms with Crippen molar-refractivity contribution in [1.82, 2.24) is 4.98 Å². The fraction of sp³-hybridized carbons (Fsp3) is 0.387. The molecule has 1 atom stereocenters. The number of ether oxygens (including phenoxy) is 5. The fourth-order valence-electron chi connectivity index (χ4n) is 4.46. The predicted molar refractivity (Wildman–Crippen MR) is 164 cm³/mol. The number of pyridine rings is 1. The van der Waals surface area contributed by atoms with Gasteiger partial charge in [-0.3, -0.25) is 9.78 Å². The number of aromatic nitrogens is 1. The second kappa shape index (κ2) is 15.7. The van der Waals surface area contributed by atoms with Crippen LogP contribution in [0, 0.1) is 5.92 Å². The molecule has 1 heterocycles. The zero-order valence-corrected chi connectivity index (χ0v) is 27.2. The molecule has 0 bridgehead atoms. The second-order valence-electron chi connectivity index (χ2n) is 10.7. The van der Waals surface area contributed by atoms with Gasteiger partial charge < -0.3 is 23.7 Å². The largest absolute Gasteiger partial charge is 0.496 e. The van der Waals surface area contributed by atoms with Crippen LogP contribution < -0.4 is 14.2 Å². The van der Waals surface area contributed by atoms with Crippen LogP contribution >= 0.6 is 23.2 Å². The van der Waals surface area contributed by atoms with Crippen LogP contribution in [0.25, 0.3) is 0 Å². The number of benzene rings is 2. The van der Waals surface area contributed by atoms with Crippen molar-refractivity contribution in [3.05, 3.63) is 81.1 Å². The molecular weight excluding hydrogens is 671 g/mol. The predicted octanol–water partition coefficient (Wildman–Crippen LogP) is 5.94. The number of rotatable bonds is 16. The summed E-state index contributed by atoms with van der Waals surface area (Å²) in [6.45, 7) is -3.54. The molecule has 2 aromatic carbocycles. The van der Waals surface area contributed by atoms with E-state index >= 15 is 0 Å². The number of halogens is 4. The number of sulfone groups is 1. The Morgan fingerprint density at radius 2 is 1.70 bits per heavy atom. The minimum atomic E-state index is -3.38. The fourth-order valence-corrected chi connectivity index (χ4v) is 5.77. The molecule has 46 heavy (non-hydrogen) atoms. The molecule has 4 rings (SSSR count). The van der Waals surface area contributed by atoms with Crippen LogP contribution in [0.15, 0.2) is 48.8 Å². The highest BCUT2D eigenvalue weighted by Gasteiger charge is 2.26. The molecule has 15 heteroatoms. The molecule has 3 aromatic rings. The minimum absolute atomic E-state index is 0.0358. The molecule has 1 aliphatic rings. The van der Waals surface area contributed by atoms with Crippen molar-refractivity contribution in [2.75, 3.05) is 26.6 Å². The van der Waals surface area contributed by atoms with Gasteiger partial charge in [-0.05, 0) is 53.6 Å². The number of carbonyl (C=O) groups is 2. The highest BCUT2D eigenvalue weighted by molar-refractivity contribution is 7.89. The maximum absolute atomic E-state index is 13.1. The van der Waals surface area contributed by atoms with E-state index in [1.165, 1.54) is 49.8 Å². The SMILES string of the molecule is COc1ccc(CC(=O)OCC(=O)O[C@@H](Cc2c(Cl)cncc2Cl)c2ccc(OC(F)F)c(OCC3CC3)c2)cc1CS(C)(=O)=O. The lowest BCUT2D eigenvalue weighted by Gasteiger charge is -2.21. The molecule has 0 amide bonds. The van der Waals surface area contributed by atoms with Gasteiger partial charge in [-0.2, -0.15) is 8.78 Å². The number of hydrogen-bond donors (Lipinski definition) is 0. The molecular formula is C31H31Cl2F2NO9S. The van der Waals surface area contributed by atoms with Crippen molar-refractivity contribution >= 4 is 45.0 Å². The summed E-state index contributed by atoms with van der Waals surface area (Å²) < 4.78 is 76.2. The van der Waals surface area contributed by atoms with Crippen LogP contribution in [-0.4, -0.2) is 58.5 Å². The van der Waals surface area contributed by atoms with Crippen LogP contribution in [0.3, 0.4) is 0 Å². The molecule has 1 fully saturated rings. The van der Waals surface area contributed by atoms with Gasteiger partial charge in [-0.25, -0.2) is 13.2 Å². The van der Waals surface area contributed by atoms with Crippen LogP contribution in [0.1, 0.15) is 41.2 Å². The molecule has 1 saturated carbocycles.